The molecular formula is C19H29NO6SSi. The molecule has 0 saturated heterocycles. The van der Waals surface area contributed by atoms with E-state index in [0.717, 1.165) is 10.3 Å². The molecule has 7 nitrogen and oxygen atoms in total. The standard InChI is InChI=1S/C19H29NO6SSi/c1-19(2,3)26-17(21)12-14-7-8-15-16(11-14)27(23,24)20(18(15)22)13-25-9-10-28(4,5)6/h7-8,11H,9-10,12-13H2,1-6H3. The summed E-state index contributed by atoms with van der Waals surface area (Å²) in [5, 5.41) is 0. The molecule has 1 aliphatic heterocycles. The highest BCUT2D eigenvalue weighted by atomic mass is 32.2. The lowest BCUT2D eigenvalue weighted by atomic mass is 10.1. The molecule has 1 aromatic rings. The van der Waals surface area contributed by atoms with Gasteiger partial charge in [-0.1, -0.05) is 25.7 Å². The van der Waals surface area contributed by atoms with E-state index in [-0.39, 0.29) is 23.6 Å². The highest BCUT2D eigenvalue weighted by molar-refractivity contribution is 7.90. The number of carbonyl (C=O) groups is 2. The second-order valence-corrected chi connectivity index (χ2v) is 16.6. The highest BCUT2D eigenvalue weighted by Crippen LogP contribution is 2.31. The van der Waals surface area contributed by atoms with Gasteiger partial charge in [0.25, 0.3) is 15.9 Å². The average Bonchev–Trinajstić information content (AvgIpc) is 2.68. The first kappa shape index (κ1) is 22.6. The number of ether oxygens (including phenoxy) is 2. The van der Waals surface area contributed by atoms with E-state index < -0.39 is 35.6 Å². The third kappa shape index (κ3) is 5.65. The molecule has 1 amide bonds. The quantitative estimate of drug-likeness (QED) is 0.377. The van der Waals surface area contributed by atoms with Crippen LogP contribution in [-0.4, -0.2) is 51.6 Å². The molecule has 0 unspecified atom stereocenters. The molecule has 1 heterocycles. The van der Waals surface area contributed by atoms with Gasteiger partial charge in [-0.3, -0.25) is 9.59 Å². The summed E-state index contributed by atoms with van der Waals surface area (Å²) in [6, 6.07) is 5.26. The lowest BCUT2D eigenvalue weighted by Crippen LogP contribution is -2.33. The minimum Gasteiger partial charge on any atom is -0.460 e. The third-order valence-corrected chi connectivity index (χ3v) is 7.49. The zero-order valence-corrected chi connectivity index (χ0v) is 19.2. The van der Waals surface area contributed by atoms with E-state index in [1.54, 1.807) is 26.8 Å². The SMILES string of the molecule is CC(C)(C)OC(=O)Cc1ccc2c(c1)S(=O)(=O)N(COCC[Si](C)(C)C)C2=O. The fourth-order valence-corrected chi connectivity index (χ4v) is 4.88. The van der Waals surface area contributed by atoms with Crippen LogP contribution in [0.1, 0.15) is 36.7 Å². The number of benzene rings is 1. The van der Waals surface area contributed by atoms with Crippen LogP contribution in [0.5, 0.6) is 0 Å². The fourth-order valence-electron chi connectivity index (χ4n) is 2.63. The Labute approximate surface area is 168 Å². The Kier molecular flexibility index (Phi) is 6.42. The maximum Gasteiger partial charge on any atom is 0.310 e. The molecule has 0 spiro atoms. The Bertz CT molecular complexity index is 867. The second kappa shape index (κ2) is 7.96. The molecule has 1 aromatic carbocycles. The molecular weight excluding hydrogens is 398 g/mol. The van der Waals surface area contributed by atoms with Crippen molar-refractivity contribution in [3.8, 4) is 0 Å². The van der Waals surface area contributed by atoms with E-state index >= 15 is 0 Å². The van der Waals surface area contributed by atoms with Gasteiger partial charge in [-0.2, -0.15) is 0 Å². The van der Waals surface area contributed by atoms with E-state index in [1.807, 2.05) is 0 Å². The Morgan fingerprint density at radius 3 is 2.39 bits per heavy atom. The first-order valence-electron chi connectivity index (χ1n) is 9.20. The lowest BCUT2D eigenvalue weighted by Gasteiger charge is -2.19. The molecule has 1 aliphatic rings. The summed E-state index contributed by atoms with van der Waals surface area (Å²) >= 11 is 0. The monoisotopic (exact) mass is 427 g/mol. The molecule has 0 N–H and O–H groups in total. The zero-order valence-electron chi connectivity index (χ0n) is 17.4. The lowest BCUT2D eigenvalue weighted by molar-refractivity contribution is -0.153. The molecule has 9 heteroatoms. The number of hydrogen-bond donors (Lipinski definition) is 0. The van der Waals surface area contributed by atoms with E-state index in [2.05, 4.69) is 19.6 Å². The summed E-state index contributed by atoms with van der Waals surface area (Å²) in [6.07, 6.45) is -0.0685. The van der Waals surface area contributed by atoms with E-state index in [4.69, 9.17) is 9.47 Å². The summed E-state index contributed by atoms with van der Waals surface area (Å²) in [4.78, 5) is 24.4. The molecule has 156 valence electrons. The van der Waals surface area contributed by atoms with Crippen LogP contribution in [0.3, 0.4) is 0 Å². The minimum absolute atomic E-state index is 0.0685. The molecule has 0 bridgehead atoms. The van der Waals surface area contributed by atoms with Gasteiger partial charge in [0, 0.05) is 14.7 Å². The molecule has 0 atom stereocenters. The molecule has 0 aliphatic carbocycles. The Balaban J connectivity index is 2.13. The van der Waals surface area contributed by atoms with Crippen molar-refractivity contribution in [1.29, 1.82) is 0 Å². The Hall–Kier alpha value is -1.71. The molecule has 2 rings (SSSR count). The van der Waals surface area contributed by atoms with Crippen LogP contribution in [0.15, 0.2) is 23.1 Å². The highest BCUT2D eigenvalue weighted by Gasteiger charge is 2.41. The molecule has 0 radical (unpaired) electrons. The van der Waals surface area contributed by atoms with Gasteiger partial charge in [-0.15, -0.1) is 0 Å². The number of rotatable bonds is 7. The Morgan fingerprint density at radius 1 is 1.18 bits per heavy atom. The number of esters is 1. The van der Waals surface area contributed by atoms with Crippen molar-refractivity contribution >= 4 is 30.0 Å². The summed E-state index contributed by atoms with van der Waals surface area (Å²) in [6.45, 7) is 12.0. The second-order valence-electron chi connectivity index (χ2n) is 9.10. The van der Waals surface area contributed by atoms with Gasteiger partial charge in [0.15, 0.2) is 0 Å². The minimum atomic E-state index is -3.99. The first-order valence-corrected chi connectivity index (χ1v) is 14.3. The summed E-state index contributed by atoms with van der Waals surface area (Å²) in [7, 11) is -5.30. The number of hydrogen-bond acceptors (Lipinski definition) is 6. The predicted molar refractivity (Wildman–Crippen MR) is 108 cm³/mol. The van der Waals surface area contributed by atoms with Crippen molar-refractivity contribution in [3.05, 3.63) is 29.3 Å². The van der Waals surface area contributed by atoms with Crippen LogP contribution in [0.4, 0.5) is 0 Å². The topological polar surface area (TPSA) is 90.0 Å². The first-order chi connectivity index (χ1) is 12.7. The number of amides is 1. The van der Waals surface area contributed by atoms with Crippen LogP contribution in [0, 0.1) is 0 Å². The van der Waals surface area contributed by atoms with E-state index in [1.165, 1.54) is 12.1 Å². The predicted octanol–water partition coefficient (Wildman–Crippen LogP) is 3.03. The smallest absolute Gasteiger partial charge is 0.310 e. The number of sulfonamides is 1. The van der Waals surface area contributed by atoms with Crippen molar-refractivity contribution in [2.24, 2.45) is 0 Å². The molecule has 0 saturated carbocycles. The van der Waals surface area contributed by atoms with Crippen LogP contribution >= 0.6 is 0 Å². The van der Waals surface area contributed by atoms with E-state index in [0.29, 0.717) is 12.2 Å². The van der Waals surface area contributed by atoms with Crippen LogP contribution in [-0.2, 0) is 30.7 Å². The number of nitrogens with zero attached hydrogens (tertiary/aromatic N) is 1. The van der Waals surface area contributed by atoms with Crippen LogP contribution in [0.2, 0.25) is 25.7 Å². The van der Waals surface area contributed by atoms with Gasteiger partial charge < -0.3 is 9.47 Å². The van der Waals surface area contributed by atoms with Crippen LogP contribution in [0.25, 0.3) is 0 Å². The van der Waals surface area contributed by atoms with Crippen molar-refractivity contribution in [2.45, 2.75) is 63.4 Å². The van der Waals surface area contributed by atoms with Gasteiger partial charge in [0.2, 0.25) is 0 Å². The molecule has 0 fully saturated rings. The fraction of sp³-hybridized carbons (Fsp3) is 0.579. The number of carbonyl (C=O) groups excluding carboxylic acids is 2. The summed E-state index contributed by atoms with van der Waals surface area (Å²) in [5.41, 5.74) is -0.0486. The van der Waals surface area contributed by atoms with Gasteiger partial charge >= 0.3 is 5.97 Å². The maximum absolute atomic E-state index is 12.8. The van der Waals surface area contributed by atoms with Crippen molar-refractivity contribution in [1.82, 2.24) is 4.31 Å². The van der Waals surface area contributed by atoms with Crippen LogP contribution < -0.4 is 0 Å². The molecule has 28 heavy (non-hydrogen) atoms. The number of fused-ring (bicyclic) bond motifs is 1. The van der Waals surface area contributed by atoms with Gasteiger partial charge in [-0.05, 0) is 44.5 Å². The third-order valence-electron chi connectivity index (χ3n) is 4.04. The summed E-state index contributed by atoms with van der Waals surface area (Å²) in [5.74, 6) is -1.06. The largest absolute Gasteiger partial charge is 0.460 e. The Morgan fingerprint density at radius 2 is 1.82 bits per heavy atom. The summed E-state index contributed by atoms with van der Waals surface area (Å²) < 4.78 is 37.0. The van der Waals surface area contributed by atoms with Gasteiger partial charge in [-0.25, -0.2) is 12.7 Å². The van der Waals surface area contributed by atoms with Crippen molar-refractivity contribution in [3.63, 3.8) is 0 Å². The van der Waals surface area contributed by atoms with E-state index in [9.17, 15) is 18.0 Å². The average molecular weight is 428 g/mol. The van der Waals surface area contributed by atoms with Crippen molar-refractivity contribution in [2.75, 3.05) is 13.3 Å². The van der Waals surface area contributed by atoms with Gasteiger partial charge in [0.05, 0.1) is 12.0 Å². The maximum atomic E-state index is 12.8. The van der Waals surface area contributed by atoms with Gasteiger partial charge in [0.1, 0.15) is 17.2 Å². The zero-order chi connectivity index (χ0) is 21.3. The van der Waals surface area contributed by atoms with Crippen molar-refractivity contribution < 1.29 is 27.5 Å². The molecule has 0 aromatic heterocycles. The normalized spacial score (nSPS) is 16.2.